The average Bonchev–Trinajstić information content (AvgIpc) is 3.31. The van der Waals surface area contributed by atoms with E-state index in [0.29, 0.717) is 17.4 Å². The highest BCUT2D eigenvalue weighted by Gasteiger charge is 2.23. The molecule has 0 rings (SSSR count). The highest BCUT2D eigenvalue weighted by atomic mass is 31.2. The Morgan fingerprint density at radius 1 is 0.493 bits per heavy atom. The average molecular weight is 996 g/mol. The molecule has 0 aliphatic carbocycles. The largest absolute Gasteiger partial charge is 0.756 e. The molecule has 69 heavy (non-hydrogen) atoms. The van der Waals surface area contributed by atoms with E-state index in [1.807, 2.05) is 27.2 Å². The van der Waals surface area contributed by atoms with E-state index in [9.17, 15) is 19.4 Å². The summed E-state index contributed by atoms with van der Waals surface area (Å²) in [6.45, 7) is 4.68. The Hall–Kier alpha value is -1.02. The summed E-state index contributed by atoms with van der Waals surface area (Å²) < 4.78 is 23.3. The van der Waals surface area contributed by atoms with E-state index in [1.165, 1.54) is 244 Å². The molecule has 0 aliphatic heterocycles. The van der Waals surface area contributed by atoms with E-state index in [0.717, 1.165) is 38.5 Å². The van der Waals surface area contributed by atoms with Crippen LogP contribution >= 0.6 is 7.82 Å². The number of unbranched alkanes of at least 4 members (excludes halogenated alkanes) is 41. The topological polar surface area (TPSA) is 108 Å². The molecule has 0 heterocycles. The normalized spacial score (nSPS) is 14.0. The van der Waals surface area contributed by atoms with E-state index in [2.05, 4.69) is 31.3 Å². The summed E-state index contributed by atoms with van der Waals surface area (Å²) in [5, 5.41) is 13.9. The number of hydrogen-bond acceptors (Lipinski definition) is 6. The number of nitrogens with one attached hydrogen (secondary N) is 1. The number of carbonyl (C=O) groups excluding carboxylic acids is 1. The number of rotatable bonds is 56. The SMILES string of the molecule is CCCCCCCCCCCCCCC/C=C/CC/C=C/C(O)C(COP(=O)([O-])OCC[N+](C)(C)C)NC(=O)CCCCCCCCCCCCCCCCCCCCCCCCCCCCCC. The van der Waals surface area contributed by atoms with Gasteiger partial charge in [0.25, 0.3) is 7.82 Å². The van der Waals surface area contributed by atoms with Crippen LogP contribution in [-0.2, 0) is 18.4 Å². The lowest BCUT2D eigenvalue weighted by atomic mass is 10.0. The van der Waals surface area contributed by atoms with E-state index in [4.69, 9.17) is 9.05 Å². The molecule has 3 atom stereocenters. The first-order chi connectivity index (χ1) is 33.5. The zero-order valence-corrected chi connectivity index (χ0v) is 47.7. The van der Waals surface area contributed by atoms with Crippen LogP contribution in [-0.4, -0.2) is 68.5 Å². The lowest BCUT2D eigenvalue weighted by molar-refractivity contribution is -0.870. The number of allylic oxidation sites excluding steroid dienone is 3. The van der Waals surface area contributed by atoms with Crippen LogP contribution in [0, 0.1) is 0 Å². The highest BCUT2D eigenvalue weighted by molar-refractivity contribution is 7.45. The van der Waals surface area contributed by atoms with Gasteiger partial charge in [0, 0.05) is 6.42 Å². The summed E-state index contributed by atoms with van der Waals surface area (Å²) in [4.78, 5) is 25.5. The van der Waals surface area contributed by atoms with Crippen molar-refractivity contribution >= 4 is 13.7 Å². The van der Waals surface area contributed by atoms with Crippen LogP contribution in [0.3, 0.4) is 0 Å². The molecule has 0 fully saturated rings. The molecule has 0 saturated carbocycles. The first-order valence-electron chi connectivity index (χ1n) is 30.2. The Morgan fingerprint density at radius 3 is 1.17 bits per heavy atom. The molecular weight excluding hydrogens is 876 g/mol. The number of likely N-dealkylation sites (N-methyl/N-ethyl adjacent to an activating group) is 1. The van der Waals surface area contributed by atoms with Crippen molar-refractivity contribution in [2.75, 3.05) is 40.9 Å². The molecule has 3 unspecified atom stereocenters. The molecule has 0 spiro atoms. The minimum Gasteiger partial charge on any atom is -0.756 e. The van der Waals surface area contributed by atoms with Crippen LogP contribution in [0.1, 0.15) is 303 Å². The zero-order chi connectivity index (χ0) is 50.6. The molecular formula is C60H119N2O6P. The number of hydrogen-bond donors (Lipinski definition) is 2. The van der Waals surface area contributed by atoms with Gasteiger partial charge in [0.15, 0.2) is 0 Å². The Labute approximate surface area is 430 Å². The van der Waals surface area contributed by atoms with Gasteiger partial charge >= 0.3 is 0 Å². The van der Waals surface area contributed by atoms with Crippen molar-refractivity contribution in [3.8, 4) is 0 Å². The molecule has 410 valence electrons. The molecule has 0 aromatic heterocycles. The fourth-order valence-electron chi connectivity index (χ4n) is 9.17. The van der Waals surface area contributed by atoms with Crippen molar-refractivity contribution in [2.45, 2.75) is 315 Å². The Morgan fingerprint density at radius 2 is 0.812 bits per heavy atom. The maximum Gasteiger partial charge on any atom is 0.268 e. The lowest BCUT2D eigenvalue weighted by Gasteiger charge is -2.29. The third kappa shape index (κ3) is 54.6. The summed E-state index contributed by atoms with van der Waals surface area (Å²) in [6.07, 6.45) is 65.6. The fraction of sp³-hybridized carbons (Fsp3) is 0.917. The van der Waals surface area contributed by atoms with Gasteiger partial charge in [-0.1, -0.05) is 289 Å². The quantitative estimate of drug-likeness (QED) is 0.0272. The van der Waals surface area contributed by atoms with Crippen LogP contribution in [0.25, 0.3) is 0 Å². The summed E-state index contributed by atoms with van der Waals surface area (Å²) in [6, 6.07) is -0.900. The molecule has 0 aromatic rings. The van der Waals surface area contributed by atoms with Crippen molar-refractivity contribution in [2.24, 2.45) is 0 Å². The number of aliphatic hydroxyl groups excluding tert-OH is 1. The Bertz CT molecular complexity index is 1170. The smallest absolute Gasteiger partial charge is 0.268 e. The van der Waals surface area contributed by atoms with Gasteiger partial charge in [0.2, 0.25) is 5.91 Å². The van der Waals surface area contributed by atoms with E-state index >= 15 is 0 Å². The zero-order valence-electron chi connectivity index (χ0n) is 46.8. The third-order valence-electron chi connectivity index (χ3n) is 13.9. The maximum atomic E-state index is 13.0. The minimum atomic E-state index is -4.60. The second-order valence-corrected chi connectivity index (χ2v) is 23.5. The first kappa shape index (κ1) is 68.0. The minimum absolute atomic E-state index is 0.00368. The van der Waals surface area contributed by atoms with Gasteiger partial charge in [0.1, 0.15) is 13.2 Å². The summed E-state index contributed by atoms with van der Waals surface area (Å²) in [5.74, 6) is -0.200. The van der Waals surface area contributed by atoms with E-state index in [1.54, 1.807) is 6.08 Å². The number of amides is 1. The van der Waals surface area contributed by atoms with Gasteiger partial charge in [-0.25, -0.2) is 0 Å². The first-order valence-corrected chi connectivity index (χ1v) is 31.7. The lowest BCUT2D eigenvalue weighted by Crippen LogP contribution is -2.45. The van der Waals surface area contributed by atoms with Crippen LogP contribution in [0.5, 0.6) is 0 Å². The van der Waals surface area contributed by atoms with Gasteiger partial charge in [-0.05, 0) is 32.1 Å². The number of quaternary nitrogens is 1. The number of phosphoric acid groups is 1. The van der Waals surface area contributed by atoms with Gasteiger partial charge < -0.3 is 28.8 Å². The standard InChI is InChI=1S/C60H119N2O6P/c1-6-8-10-12-14-16-18-20-22-24-26-27-28-29-30-31-32-33-34-36-38-40-42-44-46-48-50-52-54-60(64)61-58(57-68-69(65,66)67-56-55-62(3,4)5)59(63)53-51-49-47-45-43-41-39-37-35-25-23-21-19-17-15-13-11-9-7-2/h43,45,51,53,58-59,63H,6-42,44,46-50,52,54-57H2,1-5H3,(H-,61,64,65,66)/b45-43+,53-51+. The van der Waals surface area contributed by atoms with E-state index in [-0.39, 0.29) is 19.1 Å². The summed E-state index contributed by atoms with van der Waals surface area (Å²) in [5.41, 5.74) is 0. The highest BCUT2D eigenvalue weighted by Crippen LogP contribution is 2.38. The number of phosphoric ester groups is 1. The molecule has 9 heteroatoms. The van der Waals surface area contributed by atoms with Gasteiger partial charge in [-0.15, -0.1) is 0 Å². The Kier molecular flexibility index (Phi) is 51.1. The van der Waals surface area contributed by atoms with Crippen molar-refractivity contribution in [3.05, 3.63) is 24.3 Å². The van der Waals surface area contributed by atoms with Crippen molar-refractivity contribution in [3.63, 3.8) is 0 Å². The van der Waals surface area contributed by atoms with Crippen LogP contribution < -0.4 is 10.2 Å². The number of carbonyl (C=O) groups is 1. The predicted octanol–water partition coefficient (Wildman–Crippen LogP) is 17.7. The molecule has 0 aliphatic rings. The van der Waals surface area contributed by atoms with Crippen molar-refractivity contribution < 1.29 is 32.9 Å². The monoisotopic (exact) mass is 995 g/mol. The second kappa shape index (κ2) is 51.9. The van der Waals surface area contributed by atoms with Crippen molar-refractivity contribution in [1.29, 1.82) is 0 Å². The fourth-order valence-corrected chi connectivity index (χ4v) is 9.90. The molecule has 0 aromatic carbocycles. The maximum absolute atomic E-state index is 13.0. The Balaban J connectivity index is 4.13. The van der Waals surface area contributed by atoms with Crippen LogP contribution in [0.2, 0.25) is 0 Å². The molecule has 2 N–H and O–H groups in total. The van der Waals surface area contributed by atoms with Gasteiger partial charge in [0.05, 0.1) is 39.9 Å². The van der Waals surface area contributed by atoms with E-state index < -0.39 is 20.0 Å². The van der Waals surface area contributed by atoms with Gasteiger partial charge in [-0.2, -0.15) is 0 Å². The van der Waals surface area contributed by atoms with Gasteiger partial charge in [-0.3, -0.25) is 9.36 Å². The van der Waals surface area contributed by atoms with Crippen LogP contribution in [0.4, 0.5) is 0 Å². The van der Waals surface area contributed by atoms with Crippen molar-refractivity contribution in [1.82, 2.24) is 5.32 Å². The predicted molar refractivity (Wildman–Crippen MR) is 298 cm³/mol. The second-order valence-electron chi connectivity index (χ2n) is 22.1. The number of aliphatic hydroxyl groups is 1. The summed E-state index contributed by atoms with van der Waals surface area (Å²) in [7, 11) is 1.26. The van der Waals surface area contributed by atoms with Crippen LogP contribution in [0.15, 0.2) is 24.3 Å². The molecule has 8 nitrogen and oxygen atoms in total. The third-order valence-corrected chi connectivity index (χ3v) is 14.9. The molecule has 1 amide bonds. The molecule has 0 radical (unpaired) electrons. The molecule has 0 saturated heterocycles. The molecule has 0 bridgehead atoms. The summed E-state index contributed by atoms with van der Waals surface area (Å²) >= 11 is 0. The number of nitrogens with zero attached hydrogens (tertiary/aromatic N) is 1.